The summed E-state index contributed by atoms with van der Waals surface area (Å²) in [6.07, 6.45) is 3.26. The predicted octanol–water partition coefficient (Wildman–Crippen LogP) is 3.27. The fourth-order valence-electron chi connectivity index (χ4n) is 3.45. The zero-order valence-corrected chi connectivity index (χ0v) is 16.2. The van der Waals surface area contributed by atoms with Crippen LogP contribution in [0.3, 0.4) is 0 Å². The summed E-state index contributed by atoms with van der Waals surface area (Å²) in [5.41, 5.74) is 1.50. The van der Waals surface area contributed by atoms with Gasteiger partial charge in [-0.25, -0.2) is 12.8 Å². The summed E-state index contributed by atoms with van der Waals surface area (Å²) in [5, 5.41) is -0.439. The second-order valence-electron chi connectivity index (χ2n) is 7.05. The van der Waals surface area contributed by atoms with Crippen LogP contribution >= 0.6 is 0 Å². The van der Waals surface area contributed by atoms with Crippen LogP contribution in [0.4, 0.5) is 4.39 Å². The quantitative estimate of drug-likeness (QED) is 0.755. The molecule has 2 aromatic rings. The predicted molar refractivity (Wildman–Crippen MR) is 100 cm³/mol. The third kappa shape index (κ3) is 4.97. The third-order valence-electron chi connectivity index (χ3n) is 5.08. The van der Waals surface area contributed by atoms with Crippen molar-refractivity contribution in [3.05, 3.63) is 59.3 Å². The van der Waals surface area contributed by atoms with E-state index < -0.39 is 15.1 Å². The van der Waals surface area contributed by atoms with Crippen molar-refractivity contribution in [3.8, 4) is 0 Å². The molecular weight excluding hydrogens is 369 g/mol. The lowest BCUT2D eigenvalue weighted by atomic mass is 10.1. The number of hydrogen-bond acceptors (Lipinski definition) is 4. The Hall–Kier alpha value is -2.15. The normalized spacial score (nSPS) is 15.9. The number of piperidine rings is 1. The monoisotopic (exact) mass is 393 g/mol. The average Bonchev–Trinajstić information content (AvgIpc) is 3.15. The van der Waals surface area contributed by atoms with Crippen LogP contribution in [-0.2, 0) is 26.8 Å². The van der Waals surface area contributed by atoms with Gasteiger partial charge in [0.2, 0.25) is 5.91 Å². The number of nitrogens with zero attached hydrogens (tertiary/aromatic N) is 1. The molecule has 0 saturated carbocycles. The van der Waals surface area contributed by atoms with Crippen molar-refractivity contribution in [3.63, 3.8) is 0 Å². The molecule has 27 heavy (non-hydrogen) atoms. The minimum absolute atomic E-state index is 0.0128. The van der Waals surface area contributed by atoms with Gasteiger partial charge in [-0.05, 0) is 55.5 Å². The first kappa shape index (κ1) is 19.6. The molecular formula is C20H24FNO4S. The van der Waals surface area contributed by atoms with Gasteiger partial charge >= 0.3 is 0 Å². The van der Waals surface area contributed by atoms with Gasteiger partial charge in [0, 0.05) is 19.5 Å². The van der Waals surface area contributed by atoms with Crippen LogP contribution in [0.5, 0.6) is 0 Å². The maximum absolute atomic E-state index is 13.3. The minimum Gasteiger partial charge on any atom is -0.468 e. The average molecular weight is 393 g/mol. The Morgan fingerprint density at radius 1 is 1.26 bits per heavy atom. The molecule has 3 rings (SSSR count). The van der Waals surface area contributed by atoms with Crippen molar-refractivity contribution in [1.82, 2.24) is 4.90 Å². The molecule has 0 radical (unpaired) electrons. The highest BCUT2D eigenvalue weighted by Gasteiger charge is 2.32. The summed E-state index contributed by atoms with van der Waals surface area (Å²) >= 11 is 0. The van der Waals surface area contributed by atoms with Gasteiger partial charge in [-0.3, -0.25) is 4.79 Å². The number of likely N-dealkylation sites (tertiary alicyclic amines) is 1. The van der Waals surface area contributed by atoms with Gasteiger partial charge in [0.05, 0.1) is 11.5 Å². The van der Waals surface area contributed by atoms with Crippen LogP contribution in [0.2, 0.25) is 0 Å². The lowest BCUT2D eigenvalue weighted by Gasteiger charge is -2.31. The van der Waals surface area contributed by atoms with E-state index in [0.29, 0.717) is 50.1 Å². The summed E-state index contributed by atoms with van der Waals surface area (Å²) in [5.74, 6) is 0.118. The van der Waals surface area contributed by atoms with E-state index >= 15 is 0 Å². The lowest BCUT2D eigenvalue weighted by Crippen LogP contribution is -2.42. The second kappa shape index (κ2) is 8.25. The molecule has 7 heteroatoms. The van der Waals surface area contributed by atoms with E-state index in [1.807, 2.05) is 0 Å². The second-order valence-corrected chi connectivity index (χ2v) is 9.33. The fraction of sp³-hybridized carbons (Fsp3) is 0.450. The van der Waals surface area contributed by atoms with E-state index in [1.54, 1.807) is 36.1 Å². The zero-order chi connectivity index (χ0) is 19.4. The van der Waals surface area contributed by atoms with Gasteiger partial charge in [-0.1, -0.05) is 12.1 Å². The first-order valence-electron chi connectivity index (χ1n) is 9.12. The number of carbonyl (C=O) groups is 1. The summed E-state index contributed by atoms with van der Waals surface area (Å²) in [7, 11) is -3.29. The van der Waals surface area contributed by atoms with Gasteiger partial charge < -0.3 is 9.32 Å². The number of aryl methyl sites for hydroxylation is 2. The third-order valence-corrected chi connectivity index (χ3v) is 7.25. The molecule has 1 aromatic carbocycles. The van der Waals surface area contributed by atoms with Crippen molar-refractivity contribution >= 4 is 15.7 Å². The van der Waals surface area contributed by atoms with Crippen LogP contribution in [0.1, 0.15) is 36.1 Å². The summed E-state index contributed by atoms with van der Waals surface area (Å²) in [4.78, 5) is 14.2. The number of rotatable bonds is 6. The highest BCUT2D eigenvalue weighted by molar-refractivity contribution is 7.91. The molecule has 5 nitrogen and oxygen atoms in total. The largest absolute Gasteiger partial charge is 0.468 e. The number of benzene rings is 1. The van der Waals surface area contributed by atoms with Crippen molar-refractivity contribution in [2.24, 2.45) is 0 Å². The van der Waals surface area contributed by atoms with Gasteiger partial charge in [-0.2, -0.15) is 0 Å². The Bertz CT molecular complexity index is 885. The van der Waals surface area contributed by atoms with Crippen molar-refractivity contribution in [2.45, 2.75) is 43.6 Å². The summed E-state index contributed by atoms with van der Waals surface area (Å²) in [6.45, 7) is 2.60. The molecule has 146 valence electrons. The molecule has 0 spiro atoms. The molecule has 0 unspecified atom stereocenters. The van der Waals surface area contributed by atoms with Gasteiger partial charge in [0.1, 0.15) is 17.3 Å². The van der Waals surface area contributed by atoms with Crippen molar-refractivity contribution in [1.29, 1.82) is 0 Å². The maximum Gasteiger partial charge on any atom is 0.222 e. The molecule has 2 heterocycles. The van der Waals surface area contributed by atoms with Crippen LogP contribution < -0.4 is 0 Å². The van der Waals surface area contributed by atoms with Crippen LogP contribution in [0.25, 0.3) is 0 Å². The number of furan rings is 1. The van der Waals surface area contributed by atoms with Gasteiger partial charge in [0.15, 0.2) is 9.84 Å². The van der Waals surface area contributed by atoms with Crippen LogP contribution in [-0.4, -0.2) is 37.6 Å². The topological polar surface area (TPSA) is 67.6 Å². The Morgan fingerprint density at radius 2 is 2.00 bits per heavy atom. The Labute approximate surface area is 159 Å². The van der Waals surface area contributed by atoms with E-state index in [0.717, 1.165) is 5.56 Å². The number of hydrogen-bond donors (Lipinski definition) is 0. The Kier molecular flexibility index (Phi) is 5.99. The molecule has 0 bridgehead atoms. The molecule has 1 saturated heterocycles. The molecule has 0 atom stereocenters. The first-order chi connectivity index (χ1) is 12.8. The van der Waals surface area contributed by atoms with Crippen molar-refractivity contribution in [2.75, 3.05) is 13.1 Å². The maximum atomic E-state index is 13.3. The number of halogens is 1. The van der Waals surface area contributed by atoms with E-state index in [2.05, 4.69) is 0 Å². The number of amides is 1. The standard InChI is InChI=1S/C20H24FNO4S/c1-15-13-16(4-6-19(15)21)5-7-20(23)22-10-8-18(9-11-22)27(24,25)14-17-3-2-12-26-17/h2-4,6,12-13,18H,5,7-11,14H2,1H3. The highest BCUT2D eigenvalue weighted by atomic mass is 32.2. The molecule has 1 aliphatic rings. The summed E-state index contributed by atoms with van der Waals surface area (Å²) in [6, 6.07) is 8.21. The molecule has 1 aliphatic heterocycles. The van der Waals surface area contributed by atoms with Gasteiger partial charge in [0.25, 0.3) is 0 Å². The van der Waals surface area contributed by atoms with Crippen LogP contribution in [0.15, 0.2) is 41.0 Å². The number of sulfone groups is 1. The smallest absolute Gasteiger partial charge is 0.222 e. The van der Waals surface area contributed by atoms with E-state index in [4.69, 9.17) is 4.42 Å². The molecule has 1 amide bonds. The molecule has 0 aliphatic carbocycles. The number of carbonyl (C=O) groups excluding carboxylic acids is 1. The first-order valence-corrected chi connectivity index (χ1v) is 10.8. The van der Waals surface area contributed by atoms with Gasteiger partial charge in [-0.15, -0.1) is 0 Å². The van der Waals surface area contributed by atoms with Crippen LogP contribution in [0, 0.1) is 12.7 Å². The fourth-order valence-corrected chi connectivity index (χ4v) is 5.17. The SMILES string of the molecule is Cc1cc(CCC(=O)N2CCC(S(=O)(=O)Cc3ccco3)CC2)ccc1F. The van der Waals surface area contributed by atoms with E-state index in [9.17, 15) is 17.6 Å². The Morgan fingerprint density at radius 3 is 2.63 bits per heavy atom. The minimum atomic E-state index is -3.29. The Balaban J connectivity index is 1.49. The summed E-state index contributed by atoms with van der Waals surface area (Å²) < 4.78 is 43.5. The molecule has 1 fully saturated rings. The highest BCUT2D eigenvalue weighted by Crippen LogP contribution is 2.22. The zero-order valence-electron chi connectivity index (χ0n) is 15.4. The van der Waals surface area contributed by atoms with E-state index in [1.165, 1.54) is 12.3 Å². The molecule has 0 N–H and O–H groups in total. The lowest BCUT2D eigenvalue weighted by molar-refractivity contribution is -0.132. The van der Waals surface area contributed by atoms with E-state index in [-0.39, 0.29) is 17.5 Å². The van der Waals surface area contributed by atoms with Crippen molar-refractivity contribution < 1.29 is 22.0 Å². The molecule has 1 aromatic heterocycles.